The molecule has 2 N–H and O–H groups in total. The van der Waals surface area contributed by atoms with E-state index in [0.717, 1.165) is 13.1 Å². The number of hydrogen-bond acceptors (Lipinski definition) is 3. The number of hydrogen-bond donors (Lipinski definition) is 2. The lowest BCUT2D eigenvalue weighted by molar-refractivity contribution is -0.122. The van der Waals surface area contributed by atoms with Gasteiger partial charge in [0.25, 0.3) is 0 Å². The molecule has 3 nitrogen and oxygen atoms in total. The Hall–Kier alpha value is -0.580. The van der Waals surface area contributed by atoms with Crippen LogP contribution in [0.15, 0.2) is 17.5 Å². The van der Waals surface area contributed by atoms with Crippen molar-refractivity contribution in [2.75, 3.05) is 19.6 Å². The Morgan fingerprint density at radius 2 is 2.32 bits per heavy atom. The van der Waals surface area contributed by atoms with Crippen molar-refractivity contribution in [3.8, 4) is 0 Å². The van der Waals surface area contributed by atoms with Crippen molar-refractivity contribution in [2.24, 2.45) is 11.8 Å². The van der Waals surface area contributed by atoms with Crippen LogP contribution >= 0.6 is 23.7 Å². The predicted molar refractivity (Wildman–Crippen MR) is 97.0 cm³/mol. The summed E-state index contributed by atoms with van der Waals surface area (Å²) in [4.78, 5) is 13.5. The number of rotatable bonds is 6. The van der Waals surface area contributed by atoms with Crippen LogP contribution in [0, 0.1) is 11.8 Å². The van der Waals surface area contributed by atoms with Crippen LogP contribution in [0.5, 0.6) is 0 Å². The van der Waals surface area contributed by atoms with Crippen LogP contribution in [0.3, 0.4) is 0 Å². The lowest BCUT2D eigenvalue weighted by Crippen LogP contribution is -2.39. The molecule has 1 fully saturated rings. The third-order valence-corrected chi connectivity index (χ3v) is 5.80. The summed E-state index contributed by atoms with van der Waals surface area (Å²) in [6.07, 6.45) is 3.14. The summed E-state index contributed by atoms with van der Waals surface area (Å²) in [7, 11) is 0. The van der Waals surface area contributed by atoms with Crippen molar-refractivity contribution >= 4 is 29.7 Å². The highest BCUT2D eigenvalue weighted by Crippen LogP contribution is 2.27. The van der Waals surface area contributed by atoms with Crippen LogP contribution in [0.4, 0.5) is 0 Å². The molecular weight excluding hydrogens is 316 g/mol. The van der Waals surface area contributed by atoms with Crippen LogP contribution in [0.1, 0.15) is 44.9 Å². The summed E-state index contributed by atoms with van der Waals surface area (Å²) < 4.78 is 0. The first-order valence-electron chi connectivity index (χ1n) is 8.00. The highest BCUT2D eigenvalue weighted by Gasteiger charge is 2.25. The summed E-state index contributed by atoms with van der Waals surface area (Å²) in [5.41, 5.74) is 0.0134. The average molecular weight is 345 g/mol. The number of nitrogens with one attached hydrogen (secondary N) is 2. The van der Waals surface area contributed by atoms with Crippen LogP contribution in [0.2, 0.25) is 0 Å². The minimum Gasteiger partial charge on any atom is -0.355 e. The maximum atomic E-state index is 12.2. The second kappa shape index (κ2) is 8.90. The molecule has 0 saturated carbocycles. The van der Waals surface area contributed by atoms with Gasteiger partial charge >= 0.3 is 0 Å². The SMILES string of the molecule is CC(CC(=O)NCC(C)(C)c1cccs1)C1CCCNC1.Cl. The fourth-order valence-electron chi connectivity index (χ4n) is 2.97. The number of piperidine rings is 1. The zero-order chi connectivity index (χ0) is 15.3. The molecule has 5 heteroatoms. The number of halogens is 1. The lowest BCUT2D eigenvalue weighted by atomic mass is 9.85. The molecule has 1 saturated heterocycles. The van der Waals surface area contributed by atoms with Crippen molar-refractivity contribution in [1.82, 2.24) is 10.6 Å². The maximum Gasteiger partial charge on any atom is 0.220 e. The van der Waals surface area contributed by atoms with E-state index in [0.29, 0.717) is 24.8 Å². The highest BCUT2D eigenvalue weighted by molar-refractivity contribution is 7.10. The van der Waals surface area contributed by atoms with E-state index in [9.17, 15) is 4.79 Å². The number of amides is 1. The number of carbonyl (C=O) groups excluding carboxylic acids is 1. The second-order valence-corrected chi connectivity index (χ2v) is 7.87. The van der Waals surface area contributed by atoms with Gasteiger partial charge in [0.15, 0.2) is 0 Å². The van der Waals surface area contributed by atoms with E-state index in [1.165, 1.54) is 17.7 Å². The van der Waals surface area contributed by atoms with E-state index in [1.54, 1.807) is 11.3 Å². The van der Waals surface area contributed by atoms with Crippen LogP contribution in [0.25, 0.3) is 0 Å². The van der Waals surface area contributed by atoms with E-state index in [2.05, 4.69) is 48.9 Å². The third-order valence-electron chi connectivity index (χ3n) is 4.56. The molecule has 0 spiro atoms. The fraction of sp³-hybridized carbons (Fsp3) is 0.706. The monoisotopic (exact) mass is 344 g/mol. The van der Waals surface area contributed by atoms with Crippen LogP contribution < -0.4 is 10.6 Å². The van der Waals surface area contributed by atoms with Gasteiger partial charge in [-0.25, -0.2) is 0 Å². The molecule has 22 heavy (non-hydrogen) atoms. The van der Waals surface area contributed by atoms with Gasteiger partial charge in [0, 0.05) is 23.3 Å². The van der Waals surface area contributed by atoms with Gasteiger partial charge in [0.05, 0.1) is 0 Å². The predicted octanol–water partition coefficient (Wildman–Crippen LogP) is 3.59. The first kappa shape index (κ1) is 19.5. The normalized spacial score (nSPS) is 20.0. The summed E-state index contributed by atoms with van der Waals surface area (Å²) in [5.74, 6) is 1.30. The lowest BCUT2D eigenvalue weighted by Gasteiger charge is -2.29. The molecule has 1 aromatic rings. The Kier molecular flexibility index (Phi) is 7.87. The van der Waals surface area contributed by atoms with Crippen LogP contribution in [-0.2, 0) is 10.2 Å². The van der Waals surface area contributed by atoms with E-state index < -0.39 is 0 Å². The van der Waals surface area contributed by atoms with Crippen molar-refractivity contribution in [1.29, 1.82) is 0 Å². The Morgan fingerprint density at radius 1 is 1.55 bits per heavy atom. The molecule has 2 heterocycles. The van der Waals surface area contributed by atoms with E-state index in [1.807, 2.05) is 0 Å². The number of carbonyl (C=O) groups is 1. The highest BCUT2D eigenvalue weighted by atomic mass is 35.5. The molecule has 0 aromatic carbocycles. The first-order chi connectivity index (χ1) is 9.99. The minimum absolute atomic E-state index is 0. The zero-order valence-electron chi connectivity index (χ0n) is 13.9. The Labute approximate surface area is 144 Å². The molecule has 0 aliphatic carbocycles. The quantitative estimate of drug-likeness (QED) is 0.828. The first-order valence-corrected chi connectivity index (χ1v) is 8.88. The van der Waals surface area contributed by atoms with Crippen molar-refractivity contribution in [3.05, 3.63) is 22.4 Å². The van der Waals surface area contributed by atoms with E-state index >= 15 is 0 Å². The molecule has 1 amide bonds. The summed E-state index contributed by atoms with van der Waals surface area (Å²) in [6.45, 7) is 9.49. The Balaban J connectivity index is 0.00000242. The minimum atomic E-state index is 0. The maximum absolute atomic E-state index is 12.2. The molecule has 0 bridgehead atoms. The molecule has 0 radical (unpaired) electrons. The summed E-state index contributed by atoms with van der Waals surface area (Å²) in [5, 5.41) is 8.66. The second-order valence-electron chi connectivity index (χ2n) is 6.93. The van der Waals surface area contributed by atoms with Gasteiger partial charge in [0.2, 0.25) is 5.91 Å². The Bertz CT molecular complexity index is 442. The standard InChI is InChI=1S/C17H28N2OS.ClH/c1-13(14-6-4-8-18-11-14)10-16(20)19-12-17(2,3)15-7-5-9-21-15;/h5,7,9,13-14,18H,4,6,8,10-12H2,1-3H3,(H,19,20);1H. The molecule has 1 aliphatic heterocycles. The Morgan fingerprint density at radius 3 is 2.91 bits per heavy atom. The van der Waals surface area contributed by atoms with Crippen molar-refractivity contribution in [3.63, 3.8) is 0 Å². The molecule has 1 aliphatic rings. The largest absolute Gasteiger partial charge is 0.355 e. The van der Waals surface area contributed by atoms with Gasteiger partial charge in [-0.3, -0.25) is 4.79 Å². The van der Waals surface area contributed by atoms with Gasteiger partial charge in [-0.1, -0.05) is 26.8 Å². The van der Waals surface area contributed by atoms with Gasteiger partial charge < -0.3 is 10.6 Å². The smallest absolute Gasteiger partial charge is 0.220 e. The van der Waals surface area contributed by atoms with Gasteiger partial charge in [-0.05, 0) is 49.2 Å². The molecule has 2 unspecified atom stereocenters. The molecular formula is C17H29ClN2OS. The van der Waals surface area contributed by atoms with Crippen LogP contribution in [-0.4, -0.2) is 25.5 Å². The van der Waals surface area contributed by atoms with Gasteiger partial charge in [-0.2, -0.15) is 0 Å². The molecule has 1 aromatic heterocycles. The van der Waals surface area contributed by atoms with E-state index in [-0.39, 0.29) is 23.7 Å². The molecule has 2 atom stereocenters. The van der Waals surface area contributed by atoms with E-state index in [4.69, 9.17) is 0 Å². The van der Waals surface area contributed by atoms with Gasteiger partial charge in [-0.15, -0.1) is 23.7 Å². The molecule has 2 rings (SSSR count). The number of thiophene rings is 1. The molecule has 126 valence electrons. The third kappa shape index (κ3) is 5.56. The van der Waals surface area contributed by atoms with Gasteiger partial charge in [0.1, 0.15) is 0 Å². The zero-order valence-corrected chi connectivity index (χ0v) is 15.5. The van der Waals surface area contributed by atoms with Crippen molar-refractivity contribution in [2.45, 2.75) is 45.4 Å². The average Bonchev–Trinajstić information content (AvgIpc) is 3.01. The fourth-order valence-corrected chi connectivity index (χ4v) is 3.82. The topological polar surface area (TPSA) is 41.1 Å². The summed E-state index contributed by atoms with van der Waals surface area (Å²) >= 11 is 1.76. The summed E-state index contributed by atoms with van der Waals surface area (Å²) in [6, 6.07) is 4.22. The van der Waals surface area contributed by atoms with Crippen molar-refractivity contribution < 1.29 is 4.79 Å².